The van der Waals surface area contributed by atoms with Crippen LogP contribution in [0.2, 0.25) is 5.02 Å². The number of ether oxygens (including phenoxy) is 1. The first kappa shape index (κ1) is 15.8. The van der Waals surface area contributed by atoms with Crippen molar-refractivity contribution in [2.24, 2.45) is 0 Å². The Hall–Kier alpha value is -1.58. The Morgan fingerprint density at radius 1 is 1.14 bits per heavy atom. The Bertz CT molecular complexity index is 601. The van der Waals surface area contributed by atoms with Crippen LogP contribution in [0.3, 0.4) is 0 Å². The summed E-state index contributed by atoms with van der Waals surface area (Å²) < 4.78 is 18.7. The van der Waals surface area contributed by atoms with Gasteiger partial charge in [-0.2, -0.15) is 0 Å². The monoisotopic (exact) mass is 307 g/mol. The van der Waals surface area contributed by atoms with Crippen molar-refractivity contribution in [1.82, 2.24) is 5.32 Å². The fraction of sp³-hybridized carbons (Fsp3) is 0.294. The minimum atomic E-state index is -0.439. The van der Waals surface area contributed by atoms with E-state index in [1.165, 1.54) is 17.7 Å². The van der Waals surface area contributed by atoms with E-state index in [1.807, 2.05) is 12.1 Å². The van der Waals surface area contributed by atoms with Crippen molar-refractivity contribution >= 4 is 11.6 Å². The SMILES string of the molecule is CC(C)NCc1cccc(COc2ccc(F)c(Cl)c2)c1. The van der Waals surface area contributed by atoms with Gasteiger partial charge in [0.15, 0.2) is 0 Å². The molecule has 0 aliphatic carbocycles. The van der Waals surface area contributed by atoms with Gasteiger partial charge in [0.25, 0.3) is 0 Å². The van der Waals surface area contributed by atoms with Gasteiger partial charge in [0.05, 0.1) is 5.02 Å². The van der Waals surface area contributed by atoms with Crippen molar-refractivity contribution in [3.8, 4) is 5.75 Å². The number of halogens is 2. The van der Waals surface area contributed by atoms with Gasteiger partial charge in [-0.25, -0.2) is 4.39 Å². The molecule has 0 atom stereocenters. The molecule has 2 nitrogen and oxygen atoms in total. The zero-order valence-electron chi connectivity index (χ0n) is 12.2. The molecule has 0 saturated carbocycles. The van der Waals surface area contributed by atoms with Gasteiger partial charge in [0.2, 0.25) is 0 Å². The minimum absolute atomic E-state index is 0.0717. The van der Waals surface area contributed by atoms with Gasteiger partial charge in [0.1, 0.15) is 18.2 Å². The molecule has 2 rings (SSSR count). The molecule has 1 N–H and O–H groups in total. The predicted molar refractivity (Wildman–Crippen MR) is 84.2 cm³/mol. The van der Waals surface area contributed by atoms with Crippen LogP contribution in [0.4, 0.5) is 4.39 Å². The van der Waals surface area contributed by atoms with Crippen LogP contribution < -0.4 is 10.1 Å². The van der Waals surface area contributed by atoms with E-state index in [1.54, 1.807) is 6.07 Å². The molecule has 21 heavy (non-hydrogen) atoms. The standard InChI is InChI=1S/C17H19ClFNO/c1-12(2)20-10-13-4-3-5-14(8-13)11-21-15-6-7-17(19)16(18)9-15/h3-9,12,20H,10-11H2,1-2H3. The minimum Gasteiger partial charge on any atom is -0.489 e. The molecule has 0 unspecified atom stereocenters. The molecule has 0 spiro atoms. The summed E-state index contributed by atoms with van der Waals surface area (Å²) in [4.78, 5) is 0. The van der Waals surface area contributed by atoms with Gasteiger partial charge >= 0.3 is 0 Å². The van der Waals surface area contributed by atoms with Crippen LogP contribution in [0.1, 0.15) is 25.0 Å². The average Bonchev–Trinajstić information content (AvgIpc) is 2.47. The number of nitrogens with one attached hydrogen (secondary N) is 1. The second-order valence-corrected chi connectivity index (χ2v) is 5.63. The van der Waals surface area contributed by atoms with Crippen LogP contribution in [-0.2, 0) is 13.2 Å². The summed E-state index contributed by atoms with van der Waals surface area (Å²) in [5.41, 5.74) is 2.28. The van der Waals surface area contributed by atoms with Crippen LogP contribution >= 0.6 is 11.6 Å². The largest absolute Gasteiger partial charge is 0.489 e. The Morgan fingerprint density at radius 2 is 1.90 bits per heavy atom. The summed E-state index contributed by atoms with van der Waals surface area (Å²) in [5.74, 6) is 0.123. The van der Waals surface area contributed by atoms with Crippen molar-refractivity contribution in [2.75, 3.05) is 0 Å². The summed E-state index contributed by atoms with van der Waals surface area (Å²) in [6, 6.07) is 13.0. The van der Waals surface area contributed by atoms with Crippen molar-refractivity contribution < 1.29 is 9.13 Å². The molecule has 0 aliphatic rings. The maximum atomic E-state index is 13.1. The summed E-state index contributed by atoms with van der Waals surface area (Å²) in [5, 5.41) is 3.45. The zero-order chi connectivity index (χ0) is 15.2. The van der Waals surface area contributed by atoms with Gasteiger partial charge in [-0.1, -0.05) is 49.7 Å². The molecule has 0 saturated heterocycles. The number of benzene rings is 2. The van der Waals surface area contributed by atoms with Crippen LogP contribution in [-0.4, -0.2) is 6.04 Å². The first-order valence-corrected chi connectivity index (χ1v) is 7.31. The first-order chi connectivity index (χ1) is 10.0. The third-order valence-electron chi connectivity index (χ3n) is 3.00. The maximum Gasteiger partial charge on any atom is 0.142 e. The lowest BCUT2D eigenvalue weighted by atomic mass is 10.1. The lowest BCUT2D eigenvalue weighted by Gasteiger charge is -2.10. The van der Waals surface area contributed by atoms with Crippen molar-refractivity contribution in [2.45, 2.75) is 33.0 Å². The molecule has 112 valence electrons. The van der Waals surface area contributed by atoms with E-state index >= 15 is 0 Å². The van der Waals surface area contributed by atoms with Gasteiger partial charge in [0, 0.05) is 18.7 Å². The molecule has 0 amide bonds. The zero-order valence-corrected chi connectivity index (χ0v) is 13.0. The number of rotatable bonds is 6. The second-order valence-electron chi connectivity index (χ2n) is 5.22. The molecule has 4 heteroatoms. The quantitative estimate of drug-likeness (QED) is 0.845. The third kappa shape index (κ3) is 5.03. The smallest absolute Gasteiger partial charge is 0.142 e. The lowest BCUT2D eigenvalue weighted by Crippen LogP contribution is -2.21. The topological polar surface area (TPSA) is 21.3 Å². The molecule has 2 aromatic rings. The highest BCUT2D eigenvalue weighted by Gasteiger charge is 2.03. The summed E-state index contributed by atoms with van der Waals surface area (Å²) in [7, 11) is 0. The molecule has 2 aromatic carbocycles. The van der Waals surface area contributed by atoms with E-state index in [-0.39, 0.29) is 5.02 Å². The molecule has 0 heterocycles. The number of hydrogen-bond donors (Lipinski definition) is 1. The van der Waals surface area contributed by atoms with Crippen LogP contribution in [0.15, 0.2) is 42.5 Å². The van der Waals surface area contributed by atoms with E-state index in [2.05, 4.69) is 31.3 Å². The highest BCUT2D eigenvalue weighted by molar-refractivity contribution is 6.30. The van der Waals surface area contributed by atoms with Gasteiger partial charge < -0.3 is 10.1 Å². The molecule has 0 radical (unpaired) electrons. The van der Waals surface area contributed by atoms with Crippen molar-refractivity contribution in [3.05, 3.63) is 64.4 Å². The average molecular weight is 308 g/mol. The highest BCUT2D eigenvalue weighted by Crippen LogP contribution is 2.22. The summed E-state index contributed by atoms with van der Waals surface area (Å²) >= 11 is 5.73. The normalized spacial score (nSPS) is 10.9. The summed E-state index contributed by atoms with van der Waals surface area (Å²) in [6.45, 7) is 5.49. The second kappa shape index (κ2) is 7.43. The van der Waals surface area contributed by atoms with Crippen molar-refractivity contribution in [1.29, 1.82) is 0 Å². The van der Waals surface area contributed by atoms with Gasteiger partial charge in [-0.05, 0) is 23.3 Å². The molecule has 0 bridgehead atoms. The van der Waals surface area contributed by atoms with Crippen LogP contribution in [0.5, 0.6) is 5.75 Å². The Labute approximate surface area is 129 Å². The van der Waals surface area contributed by atoms with E-state index in [9.17, 15) is 4.39 Å². The third-order valence-corrected chi connectivity index (χ3v) is 3.29. The maximum absolute atomic E-state index is 13.1. The molecule has 0 aliphatic heterocycles. The van der Waals surface area contributed by atoms with E-state index in [0.717, 1.165) is 12.1 Å². The van der Waals surface area contributed by atoms with Crippen LogP contribution in [0.25, 0.3) is 0 Å². The molecular formula is C17H19ClFNO. The first-order valence-electron chi connectivity index (χ1n) is 6.93. The molecular weight excluding hydrogens is 289 g/mol. The predicted octanol–water partition coefficient (Wildman–Crippen LogP) is 4.56. The van der Waals surface area contributed by atoms with E-state index in [4.69, 9.17) is 16.3 Å². The Kier molecular flexibility index (Phi) is 5.59. The number of hydrogen-bond acceptors (Lipinski definition) is 2. The Balaban J connectivity index is 1.96. The molecule has 0 aromatic heterocycles. The fourth-order valence-electron chi connectivity index (χ4n) is 1.88. The van der Waals surface area contributed by atoms with E-state index < -0.39 is 5.82 Å². The Morgan fingerprint density at radius 3 is 2.62 bits per heavy atom. The molecule has 0 fully saturated rings. The van der Waals surface area contributed by atoms with Gasteiger partial charge in [-0.3, -0.25) is 0 Å². The van der Waals surface area contributed by atoms with Crippen LogP contribution in [0, 0.1) is 5.82 Å². The highest BCUT2D eigenvalue weighted by atomic mass is 35.5. The fourth-order valence-corrected chi connectivity index (χ4v) is 2.06. The van der Waals surface area contributed by atoms with E-state index in [0.29, 0.717) is 18.4 Å². The summed E-state index contributed by atoms with van der Waals surface area (Å²) in [6.07, 6.45) is 0. The van der Waals surface area contributed by atoms with Crippen molar-refractivity contribution in [3.63, 3.8) is 0 Å². The lowest BCUT2D eigenvalue weighted by molar-refractivity contribution is 0.305. The van der Waals surface area contributed by atoms with Gasteiger partial charge in [-0.15, -0.1) is 0 Å².